The summed E-state index contributed by atoms with van der Waals surface area (Å²) in [5.74, 6) is 0.0928. The SMILES string of the molecule is CCc1nsc(NC2CCCCC2(C)C(=O)O)n1. The lowest BCUT2D eigenvalue weighted by molar-refractivity contribution is -0.150. The van der Waals surface area contributed by atoms with Gasteiger partial charge in [-0.15, -0.1) is 0 Å². The molecular formula is C12H19N3O2S. The van der Waals surface area contributed by atoms with Crippen molar-refractivity contribution in [1.82, 2.24) is 9.36 Å². The number of hydrogen-bond donors (Lipinski definition) is 2. The van der Waals surface area contributed by atoms with E-state index in [0.29, 0.717) is 0 Å². The first kappa shape index (κ1) is 13.3. The van der Waals surface area contributed by atoms with Crippen LogP contribution in [-0.4, -0.2) is 26.5 Å². The summed E-state index contributed by atoms with van der Waals surface area (Å²) in [4.78, 5) is 15.8. The highest BCUT2D eigenvalue weighted by molar-refractivity contribution is 7.09. The highest BCUT2D eigenvalue weighted by Crippen LogP contribution is 2.38. The maximum atomic E-state index is 11.5. The molecule has 1 fully saturated rings. The number of hydrogen-bond acceptors (Lipinski definition) is 5. The van der Waals surface area contributed by atoms with Crippen LogP contribution < -0.4 is 5.32 Å². The van der Waals surface area contributed by atoms with Crippen molar-refractivity contribution >= 4 is 22.6 Å². The van der Waals surface area contributed by atoms with Crippen molar-refractivity contribution in [3.05, 3.63) is 5.82 Å². The van der Waals surface area contributed by atoms with Crippen LogP contribution in [0.4, 0.5) is 5.13 Å². The Balaban J connectivity index is 2.12. The molecule has 2 N–H and O–H groups in total. The Morgan fingerprint density at radius 3 is 3.00 bits per heavy atom. The van der Waals surface area contributed by atoms with Crippen molar-refractivity contribution in [1.29, 1.82) is 0 Å². The molecule has 2 atom stereocenters. The van der Waals surface area contributed by atoms with E-state index in [1.807, 2.05) is 13.8 Å². The second kappa shape index (κ2) is 5.22. The highest BCUT2D eigenvalue weighted by atomic mass is 32.1. The van der Waals surface area contributed by atoms with Gasteiger partial charge >= 0.3 is 5.97 Å². The Labute approximate surface area is 111 Å². The molecule has 1 heterocycles. The summed E-state index contributed by atoms with van der Waals surface area (Å²) in [5.41, 5.74) is -0.698. The number of rotatable bonds is 4. The molecule has 1 aromatic rings. The third-order valence-electron chi connectivity index (χ3n) is 3.78. The van der Waals surface area contributed by atoms with Crippen LogP contribution in [0.2, 0.25) is 0 Å². The van der Waals surface area contributed by atoms with Gasteiger partial charge in [-0.1, -0.05) is 19.8 Å². The fourth-order valence-electron chi connectivity index (χ4n) is 2.43. The molecule has 0 radical (unpaired) electrons. The number of carboxylic acid groups (broad SMARTS) is 1. The molecule has 0 aromatic carbocycles. The Bertz CT molecular complexity index is 435. The van der Waals surface area contributed by atoms with Gasteiger partial charge in [-0.3, -0.25) is 4.79 Å². The first-order chi connectivity index (χ1) is 8.56. The Morgan fingerprint density at radius 2 is 2.39 bits per heavy atom. The minimum Gasteiger partial charge on any atom is -0.481 e. The van der Waals surface area contributed by atoms with E-state index in [1.165, 1.54) is 11.5 Å². The Hall–Kier alpha value is -1.17. The molecule has 0 saturated heterocycles. The van der Waals surface area contributed by atoms with Gasteiger partial charge in [0, 0.05) is 24.0 Å². The van der Waals surface area contributed by atoms with Crippen LogP contribution in [-0.2, 0) is 11.2 Å². The molecule has 1 aliphatic rings. The van der Waals surface area contributed by atoms with E-state index in [1.54, 1.807) is 0 Å². The van der Waals surface area contributed by atoms with Gasteiger partial charge in [0.25, 0.3) is 0 Å². The van der Waals surface area contributed by atoms with E-state index in [0.717, 1.165) is 43.1 Å². The van der Waals surface area contributed by atoms with Crippen molar-refractivity contribution in [2.75, 3.05) is 5.32 Å². The molecule has 1 aliphatic carbocycles. The Morgan fingerprint density at radius 1 is 1.61 bits per heavy atom. The number of nitrogens with one attached hydrogen (secondary N) is 1. The van der Waals surface area contributed by atoms with E-state index in [4.69, 9.17) is 0 Å². The zero-order valence-electron chi connectivity index (χ0n) is 10.8. The minimum atomic E-state index is -0.722. The summed E-state index contributed by atoms with van der Waals surface area (Å²) < 4.78 is 4.21. The monoisotopic (exact) mass is 269 g/mol. The molecule has 2 rings (SSSR count). The van der Waals surface area contributed by atoms with Crippen LogP contribution in [0.5, 0.6) is 0 Å². The van der Waals surface area contributed by atoms with Crippen LogP contribution in [0.1, 0.15) is 45.4 Å². The van der Waals surface area contributed by atoms with Crippen LogP contribution in [0, 0.1) is 5.41 Å². The number of nitrogens with zero attached hydrogens (tertiary/aromatic N) is 2. The largest absolute Gasteiger partial charge is 0.481 e. The number of anilines is 1. The van der Waals surface area contributed by atoms with Gasteiger partial charge < -0.3 is 10.4 Å². The molecular weight excluding hydrogens is 250 g/mol. The molecule has 0 spiro atoms. The quantitative estimate of drug-likeness (QED) is 0.878. The molecule has 5 nitrogen and oxygen atoms in total. The van der Waals surface area contributed by atoms with Gasteiger partial charge in [-0.2, -0.15) is 4.37 Å². The molecule has 100 valence electrons. The highest BCUT2D eigenvalue weighted by Gasteiger charge is 2.43. The van der Waals surface area contributed by atoms with Gasteiger partial charge in [0.2, 0.25) is 5.13 Å². The zero-order valence-corrected chi connectivity index (χ0v) is 11.6. The number of aliphatic carboxylic acids is 1. The minimum absolute atomic E-state index is 0.0543. The fourth-order valence-corrected chi connectivity index (χ4v) is 3.13. The molecule has 6 heteroatoms. The first-order valence-corrected chi connectivity index (χ1v) is 7.16. The van der Waals surface area contributed by atoms with Crippen LogP contribution in [0.15, 0.2) is 0 Å². The number of carboxylic acids is 1. The van der Waals surface area contributed by atoms with E-state index in [9.17, 15) is 9.90 Å². The van der Waals surface area contributed by atoms with E-state index in [-0.39, 0.29) is 6.04 Å². The number of carbonyl (C=O) groups is 1. The van der Waals surface area contributed by atoms with Gasteiger partial charge in [-0.25, -0.2) is 4.98 Å². The van der Waals surface area contributed by atoms with Crippen molar-refractivity contribution < 1.29 is 9.90 Å². The van der Waals surface area contributed by atoms with E-state index < -0.39 is 11.4 Å². The predicted molar refractivity (Wildman–Crippen MR) is 70.9 cm³/mol. The molecule has 1 saturated carbocycles. The summed E-state index contributed by atoms with van der Waals surface area (Å²) in [7, 11) is 0. The van der Waals surface area contributed by atoms with Crippen LogP contribution >= 0.6 is 11.5 Å². The average molecular weight is 269 g/mol. The third kappa shape index (κ3) is 2.48. The second-order valence-electron chi connectivity index (χ2n) is 5.03. The lowest BCUT2D eigenvalue weighted by Crippen LogP contribution is -2.46. The number of aromatic nitrogens is 2. The van der Waals surface area contributed by atoms with E-state index in [2.05, 4.69) is 14.7 Å². The van der Waals surface area contributed by atoms with E-state index >= 15 is 0 Å². The molecule has 0 bridgehead atoms. The van der Waals surface area contributed by atoms with Gasteiger partial charge in [0.15, 0.2) is 0 Å². The third-order valence-corrected chi connectivity index (χ3v) is 4.46. The maximum absolute atomic E-state index is 11.5. The smallest absolute Gasteiger partial charge is 0.311 e. The second-order valence-corrected chi connectivity index (χ2v) is 5.79. The predicted octanol–water partition coefficient (Wildman–Crippen LogP) is 2.55. The Kier molecular flexibility index (Phi) is 3.85. The van der Waals surface area contributed by atoms with Crippen LogP contribution in [0.3, 0.4) is 0 Å². The van der Waals surface area contributed by atoms with Gasteiger partial charge in [0.1, 0.15) is 5.82 Å². The van der Waals surface area contributed by atoms with Gasteiger partial charge in [0.05, 0.1) is 5.41 Å². The normalized spacial score (nSPS) is 28.0. The number of aryl methyl sites for hydroxylation is 1. The first-order valence-electron chi connectivity index (χ1n) is 6.39. The molecule has 1 aromatic heterocycles. The van der Waals surface area contributed by atoms with Crippen molar-refractivity contribution in [3.63, 3.8) is 0 Å². The lowest BCUT2D eigenvalue weighted by Gasteiger charge is -2.38. The summed E-state index contributed by atoms with van der Waals surface area (Å²) >= 11 is 1.32. The molecule has 18 heavy (non-hydrogen) atoms. The molecule has 2 unspecified atom stereocenters. The topological polar surface area (TPSA) is 75.1 Å². The van der Waals surface area contributed by atoms with Crippen LogP contribution in [0.25, 0.3) is 0 Å². The average Bonchev–Trinajstić information content (AvgIpc) is 2.80. The molecule has 0 amide bonds. The van der Waals surface area contributed by atoms with Crippen molar-refractivity contribution in [2.45, 2.75) is 52.0 Å². The van der Waals surface area contributed by atoms with Gasteiger partial charge in [-0.05, 0) is 19.8 Å². The maximum Gasteiger partial charge on any atom is 0.311 e. The van der Waals surface area contributed by atoms with Crippen molar-refractivity contribution in [2.24, 2.45) is 5.41 Å². The summed E-state index contributed by atoms with van der Waals surface area (Å²) in [6.07, 6.45) is 4.46. The summed E-state index contributed by atoms with van der Waals surface area (Å²) in [6.45, 7) is 3.84. The zero-order chi connectivity index (χ0) is 13.2. The standard InChI is InChI=1S/C12H19N3O2S/c1-3-9-14-11(18-15-9)13-8-6-4-5-7-12(8,2)10(16)17/h8H,3-7H2,1-2H3,(H,16,17)(H,13,14,15). The summed E-state index contributed by atoms with van der Waals surface area (Å²) in [6, 6.07) is -0.0543. The fraction of sp³-hybridized carbons (Fsp3) is 0.750. The van der Waals surface area contributed by atoms with Crippen molar-refractivity contribution in [3.8, 4) is 0 Å². The summed E-state index contributed by atoms with van der Waals surface area (Å²) in [5, 5.41) is 13.4. The lowest BCUT2D eigenvalue weighted by atomic mass is 9.72. The molecule has 0 aliphatic heterocycles.